The van der Waals surface area contributed by atoms with E-state index in [4.69, 9.17) is 13.9 Å². The summed E-state index contributed by atoms with van der Waals surface area (Å²) >= 11 is 0. The topological polar surface area (TPSA) is 206 Å². The van der Waals surface area contributed by atoms with Gasteiger partial charge >= 0.3 is 0 Å². The molecule has 0 saturated carbocycles. The van der Waals surface area contributed by atoms with Gasteiger partial charge in [0, 0.05) is 144 Å². The Morgan fingerprint density at radius 1 is 0.379 bits per heavy atom. The molecular weight excluding hydrogens is 1190 g/mol. The summed E-state index contributed by atoms with van der Waals surface area (Å²) in [5, 5.41) is 18.3. The Bertz CT molecular complexity index is 3580. The van der Waals surface area contributed by atoms with Crippen LogP contribution in [-0.2, 0) is 6.54 Å². The Hall–Kier alpha value is -11.3. The van der Waals surface area contributed by atoms with Crippen molar-refractivity contribution >= 4 is 40.4 Å². The summed E-state index contributed by atoms with van der Waals surface area (Å²) < 4.78 is 15.7. The van der Waals surface area contributed by atoms with E-state index < -0.39 is 0 Å². The van der Waals surface area contributed by atoms with Gasteiger partial charge in [0.1, 0.15) is 5.76 Å². The maximum absolute atomic E-state index is 11.9. The number of furan rings is 1. The van der Waals surface area contributed by atoms with E-state index in [0.717, 1.165) is 79.2 Å². The lowest BCUT2D eigenvalue weighted by molar-refractivity contribution is 0.103. The molecule has 0 atom stereocenters. The first-order valence-electron chi connectivity index (χ1n) is 31.7. The van der Waals surface area contributed by atoms with Crippen molar-refractivity contribution in [3.63, 3.8) is 0 Å². The number of hydrogen-bond acceptors (Lipinski definition) is 15. The van der Waals surface area contributed by atoms with Gasteiger partial charge in [-0.2, -0.15) is 0 Å². The summed E-state index contributed by atoms with van der Waals surface area (Å²) in [5.41, 5.74) is 5.07. The fourth-order valence-corrected chi connectivity index (χ4v) is 7.69. The largest absolute Gasteiger partial charge is 0.467 e. The van der Waals surface area contributed by atoms with E-state index in [1.807, 2.05) is 209 Å². The molecule has 494 valence electrons. The van der Waals surface area contributed by atoms with Crippen LogP contribution in [0, 0.1) is 0 Å². The fourth-order valence-electron chi connectivity index (χ4n) is 7.69. The van der Waals surface area contributed by atoms with Crippen molar-refractivity contribution < 1.29 is 42.7 Å². The minimum atomic E-state index is -0.0427. The van der Waals surface area contributed by atoms with Crippen LogP contribution in [0.25, 0.3) is 0 Å². The van der Waals surface area contributed by atoms with Crippen LogP contribution in [0.5, 0.6) is 11.5 Å². The standard InChI is InChI=1S/C16H13NO3.C14H13NO2.2C13H17NO.2C12H15NO/c18-14(12-4-2-1-3-5-12)8-9-17-13-6-7-15-16(10-13)20-11-19-15;16-14(12-5-2-1-3-6-12)8-9-15-11-13-7-4-10-17-13;1-13(2,3)14-10-9-12(15)11-7-5-4-6-8-11;1-2-3-10-14-11-9-13(15)12-7-5-4-6-8-12;2*1-2-9-13-10-8-12(14)11-6-4-3-5-7-11/h1-10,17H,11H2;1-10,15H,11H2;4-10,14H,1-3H3;4-9,11,14H,2-3,10H2,1H3;2*3-8,10,13H,2,9H2,1H3/b2*9-8-;10-9-;11-9-;2*10-8-. The van der Waals surface area contributed by atoms with E-state index in [2.05, 4.69) is 52.7 Å². The minimum absolute atomic E-state index is 0.00648. The highest BCUT2D eigenvalue weighted by Crippen LogP contribution is 2.34. The molecule has 0 fully saturated rings. The number of ketones is 6. The summed E-state index contributed by atoms with van der Waals surface area (Å²) in [6.07, 6.45) is 25.4. The molecule has 1 aliphatic heterocycles. The lowest BCUT2D eigenvalue weighted by atomic mass is 10.1. The predicted molar refractivity (Wildman–Crippen MR) is 384 cm³/mol. The SMILES string of the molecule is CC(C)(C)N/C=C\C(=O)c1ccccc1.CCCCN/C=C\C(=O)c1ccccc1.CCCN/C=C\C(=O)c1ccccc1.CCCN/C=C\C(=O)c1ccccc1.O=C(/C=C\NCc1ccco1)c1ccccc1.O=C(/C=C\Nc1ccc2c(c1)OCO2)c1ccccc1. The highest BCUT2D eigenvalue weighted by atomic mass is 16.7. The number of anilines is 1. The van der Waals surface area contributed by atoms with Gasteiger partial charge < -0.3 is 45.8 Å². The Kier molecular flexibility index (Phi) is 37.4. The molecule has 0 radical (unpaired) electrons. The van der Waals surface area contributed by atoms with Crippen molar-refractivity contribution in [2.24, 2.45) is 0 Å². The van der Waals surface area contributed by atoms with Crippen LogP contribution < -0.4 is 41.4 Å². The van der Waals surface area contributed by atoms with Gasteiger partial charge in [-0.25, -0.2) is 0 Å². The van der Waals surface area contributed by atoms with E-state index in [1.165, 1.54) is 12.2 Å². The molecule has 95 heavy (non-hydrogen) atoms. The van der Waals surface area contributed by atoms with Crippen molar-refractivity contribution in [3.05, 3.63) is 331 Å². The molecule has 9 rings (SSSR count). The molecule has 0 aliphatic carbocycles. The second kappa shape index (κ2) is 46.7. The van der Waals surface area contributed by atoms with E-state index in [1.54, 1.807) is 92.0 Å². The van der Waals surface area contributed by atoms with Gasteiger partial charge in [-0.05, 0) is 64.3 Å². The number of carbonyl (C=O) groups excluding carboxylic acids is 6. The highest BCUT2D eigenvalue weighted by molar-refractivity contribution is 6.07. The quantitative estimate of drug-likeness (QED) is 0.0153. The van der Waals surface area contributed by atoms with Gasteiger partial charge in [-0.1, -0.05) is 209 Å². The van der Waals surface area contributed by atoms with Crippen LogP contribution in [0.3, 0.4) is 0 Å². The first-order valence-corrected chi connectivity index (χ1v) is 31.7. The van der Waals surface area contributed by atoms with Gasteiger partial charge in [0.25, 0.3) is 0 Å². The number of hydrogen-bond donors (Lipinski definition) is 6. The number of fused-ring (bicyclic) bond motifs is 1. The van der Waals surface area contributed by atoms with Crippen LogP contribution in [0.15, 0.2) is 297 Å². The van der Waals surface area contributed by atoms with Gasteiger partial charge in [0.05, 0.1) is 12.8 Å². The Balaban J connectivity index is 0.000000244. The third-order valence-corrected chi connectivity index (χ3v) is 12.7. The van der Waals surface area contributed by atoms with Crippen molar-refractivity contribution in [3.8, 4) is 11.5 Å². The zero-order valence-electron chi connectivity index (χ0n) is 55.3. The average Bonchev–Trinajstić information content (AvgIpc) is 1.84. The van der Waals surface area contributed by atoms with Crippen LogP contribution in [0.4, 0.5) is 5.69 Å². The zero-order chi connectivity index (χ0) is 68.4. The van der Waals surface area contributed by atoms with Gasteiger partial charge in [-0.3, -0.25) is 28.8 Å². The molecule has 0 bridgehead atoms. The maximum Gasteiger partial charge on any atom is 0.231 e. The third-order valence-electron chi connectivity index (χ3n) is 12.7. The lowest BCUT2D eigenvalue weighted by Gasteiger charge is -2.18. The summed E-state index contributed by atoms with van der Waals surface area (Å²) in [4.78, 5) is 69.6. The fraction of sp³-hybridized carbons (Fsp3) is 0.200. The maximum atomic E-state index is 11.9. The highest BCUT2D eigenvalue weighted by Gasteiger charge is 2.13. The molecule has 0 amide bonds. The van der Waals surface area contributed by atoms with Crippen molar-refractivity contribution in [2.75, 3.05) is 31.7 Å². The summed E-state index contributed by atoms with van der Waals surface area (Å²) in [5.74, 6) is 2.35. The first-order chi connectivity index (χ1) is 46.2. The second-order valence-electron chi connectivity index (χ2n) is 21.7. The molecule has 15 nitrogen and oxygen atoms in total. The summed E-state index contributed by atoms with van der Waals surface area (Å²) in [6, 6.07) is 64.5. The number of rotatable bonds is 28. The average molecular weight is 1280 g/mol. The number of nitrogens with one attached hydrogen (secondary N) is 6. The molecule has 1 aromatic heterocycles. The van der Waals surface area contributed by atoms with Gasteiger partial charge in [-0.15, -0.1) is 0 Å². The number of allylic oxidation sites excluding steroid dienone is 6. The number of unbranched alkanes of at least 4 members (excludes halogenated alkanes) is 1. The number of ether oxygens (including phenoxy) is 2. The van der Waals surface area contributed by atoms with Gasteiger partial charge in [0.15, 0.2) is 46.2 Å². The summed E-state index contributed by atoms with van der Waals surface area (Å²) in [7, 11) is 0. The normalized spacial score (nSPS) is 11.1. The zero-order valence-corrected chi connectivity index (χ0v) is 55.3. The molecule has 0 saturated heterocycles. The van der Waals surface area contributed by atoms with Crippen LogP contribution in [0.1, 0.15) is 135 Å². The predicted octanol–water partition coefficient (Wildman–Crippen LogP) is 16.3. The summed E-state index contributed by atoms with van der Waals surface area (Å²) in [6.45, 7) is 16.0. The number of benzene rings is 7. The minimum Gasteiger partial charge on any atom is -0.467 e. The molecule has 0 spiro atoms. The molecule has 1 aliphatic rings. The van der Waals surface area contributed by atoms with Crippen molar-refractivity contribution in [2.45, 2.75) is 79.3 Å². The van der Waals surface area contributed by atoms with Gasteiger partial charge in [0.2, 0.25) is 6.79 Å². The van der Waals surface area contributed by atoms with E-state index in [-0.39, 0.29) is 47.0 Å². The third kappa shape index (κ3) is 34.1. The molecular formula is C80H90N6O9. The smallest absolute Gasteiger partial charge is 0.231 e. The van der Waals surface area contributed by atoms with Crippen LogP contribution >= 0.6 is 0 Å². The molecule has 6 N–H and O–H groups in total. The van der Waals surface area contributed by atoms with E-state index in [0.29, 0.717) is 29.0 Å². The first kappa shape index (κ1) is 76.1. The van der Waals surface area contributed by atoms with E-state index in [9.17, 15) is 28.8 Å². The Labute approximate surface area is 560 Å². The van der Waals surface area contributed by atoms with Crippen LogP contribution in [-0.4, -0.2) is 66.7 Å². The Morgan fingerprint density at radius 2 is 0.726 bits per heavy atom. The van der Waals surface area contributed by atoms with Crippen LogP contribution in [0.2, 0.25) is 0 Å². The van der Waals surface area contributed by atoms with E-state index >= 15 is 0 Å². The Morgan fingerprint density at radius 3 is 1.07 bits per heavy atom. The number of carbonyl (C=O) groups is 6. The molecule has 15 heteroatoms. The second-order valence-corrected chi connectivity index (χ2v) is 21.7. The van der Waals surface area contributed by atoms with Crippen molar-refractivity contribution in [1.82, 2.24) is 26.6 Å². The molecule has 0 unspecified atom stereocenters. The molecule has 7 aromatic carbocycles. The monoisotopic (exact) mass is 1280 g/mol. The molecule has 8 aromatic rings. The van der Waals surface area contributed by atoms with Crippen molar-refractivity contribution in [1.29, 1.82) is 0 Å². The molecule has 2 heterocycles. The lowest BCUT2D eigenvalue weighted by Crippen LogP contribution is -2.31.